The molecule has 1 aromatic carbocycles. The molecule has 0 spiro atoms. The van der Waals surface area contributed by atoms with Crippen LogP contribution >= 0.6 is 27.5 Å². The fraction of sp³-hybridized carbons (Fsp3) is 0.455. The van der Waals surface area contributed by atoms with Crippen LogP contribution in [-0.2, 0) is 6.54 Å². The molecule has 82 valence electrons. The van der Waals surface area contributed by atoms with E-state index in [0.717, 1.165) is 28.1 Å². The normalized spacial score (nSPS) is 22.2. The molecule has 0 aromatic heterocycles. The zero-order chi connectivity index (χ0) is 10.8. The van der Waals surface area contributed by atoms with Crippen molar-refractivity contribution in [2.75, 3.05) is 13.1 Å². The molecule has 1 aromatic rings. The Bertz CT molecular complexity index is 358. The van der Waals surface area contributed by atoms with Crippen molar-refractivity contribution < 1.29 is 4.39 Å². The van der Waals surface area contributed by atoms with Crippen LogP contribution in [0.4, 0.5) is 4.39 Å². The number of likely N-dealkylation sites (tertiary alicyclic amines) is 1. The summed E-state index contributed by atoms with van der Waals surface area (Å²) < 4.78 is 14.0. The lowest BCUT2D eigenvalue weighted by molar-refractivity contribution is 0.282. The first kappa shape index (κ1) is 11.4. The smallest absolute Gasteiger partial charge is 0.114 e. The minimum Gasteiger partial charge on any atom is -0.296 e. The van der Waals surface area contributed by atoms with Gasteiger partial charge in [-0.3, -0.25) is 4.90 Å². The highest BCUT2D eigenvalue weighted by Crippen LogP contribution is 2.24. The molecule has 0 amide bonds. The second-order valence-corrected chi connectivity index (χ2v) is 5.18. The highest BCUT2D eigenvalue weighted by atomic mass is 79.9. The monoisotopic (exact) mass is 291 g/mol. The maximum Gasteiger partial charge on any atom is 0.114 e. The summed E-state index contributed by atoms with van der Waals surface area (Å²) in [6.45, 7) is 2.09. The average molecular weight is 293 g/mol. The zero-order valence-corrected chi connectivity index (χ0v) is 10.6. The summed E-state index contributed by atoms with van der Waals surface area (Å²) in [5, 5.41) is 0.750. The summed E-state index contributed by atoms with van der Waals surface area (Å²) in [6.07, 6.45) is -0.0260. The van der Waals surface area contributed by atoms with E-state index in [1.165, 1.54) is 0 Å². The van der Waals surface area contributed by atoms with Gasteiger partial charge in [0.25, 0.3) is 0 Å². The van der Waals surface area contributed by atoms with E-state index in [1.54, 1.807) is 0 Å². The minimum atomic E-state index is -0.670. The van der Waals surface area contributed by atoms with Crippen LogP contribution in [0.5, 0.6) is 0 Å². The first-order valence-electron chi connectivity index (χ1n) is 4.95. The van der Waals surface area contributed by atoms with Crippen molar-refractivity contribution in [3.05, 3.63) is 33.3 Å². The van der Waals surface area contributed by atoms with E-state index in [-0.39, 0.29) is 0 Å². The summed E-state index contributed by atoms with van der Waals surface area (Å²) in [4.78, 5) is 2.10. The number of alkyl halides is 1. The highest BCUT2D eigenvalue weighted by Gasteiger charge is 2.22. The highest BCUT2D eigenvalue weighted by molar-refractivity contribution is 9.10. The molecule has 15 heavy (non-hydrogen) atoms. The number of hydrogen-bond donors (Lipinski definition) is 0. The van der Waals surface area contributed by atoms with Crippen LogP contribution in [0.15, 0.2) is 22.7 Å². The molecule has 2 rings (SSSR count). The van der Waals surface area contributed by atoms with Gasteiger partial charge in [-0.25, -0.2) is 4.39 Å². The van der Waals surface area contributed by atoms with Gasteiger partial charge in [-0.05, 0) is 30.2 Å². The molecule has 1 nitrogen and oxygen atoms in total. The fourth-order valence-electron chi connectivity index (χ4n) is 1.83. The summed E-state index contributed by atoms with van der Waals surface area (Å²) in [5.41, 5.74) is 1.06. The molecular weight excluding hydrogens is 280 g/mol. The van der Waals surface area contributed by atoms with E-state index in [9.17, 15) is 4.39 Å². The van der Waals surface area contributed by atoms with Crippen LogP contribution in [-0.4, -0.2) is 24.2 Å². The summed E-state index contributed by atoms with van der Waals surface area (Å²) in [6, 6.07) is 5.77. The van der Waals surface area contributed by atoms with Crippen LogP contribution < -0.4 is 0 Å². The van der Waals surface area contributed by atoms with Gasteiger partial charge < -0.3 is 0 Å². The zero-order valence-electron chi connectivity index (χ0n) is 8.22. The molecule has 1 saturated heterocycles. The van der Waals surface area contributed by atoms with Crippen molar-refractivity contribution >= 4 is 27.5 Å². The van der Waals surface area contributed by atoms with Crippen molar-refractivity contribution in [2.24, 2.45) is 0 Å². The van der Waals surface area contributed by atoms with Crippen molar-refractivity contribution in [3.63, 3.8) is 0 Å². The molecule has 1 aliphatic heterocycles. The lowest BCUT2D eigenvalue weighted by Crippen LogP contribution is -2.20. The molecule has 0 N–H and O–H groups in total. The fourth-order valence-corrected chi connectivity index (χ4v) is 2.42. The SMILES string of the molecule is F[C@@H]1CCN(Cc2cc(Br)ccc2Cl)C1. The molecule has 0 bridgehead atoms. The molecule has 1 heterocycles. The topological polar surface area (TPSA) is 3.24 Å². The van der Waals surface area contributed by atoms with E-state index in [2.05, 4.69) is 20.8 Å². The van der Waals surface area contributed by atoms with Gasteiger partial charge in [-0.15, -0.1) is 0 Å². The molecule has 0 unspecified atom stereocenters. The van der Waals surface area contributed by atoms with Gasteiger partial charge in [-0.1, -0.05) is 27.5 Å². The van der Waals surface area contributed by atoms with E-state index in [1.807, 2.05) is 18.2 Å². The van der Waals surface area contributed by atoms with Crippen LogP contribution in [0.2, 0.25) is 5.02 Å². The standard InChI is InChI=1S/C11H12BrClFN/c12-9-1-2-11(13)8(5-9)6-15-4-3-10(14)7-15/h1-2,5,10H,3-4,6-7H2/t10-/m1/s1. The summed E-state index contributed by atoms with van der Waals surface area (Å²) >= 11 is 9.48. The van der Waals surface area contributed by atoms with E-state index >= 15 is 0 Å². The molecule has 4 heteroatoms. The van der Waals surface area contributed by atoms with Crippen LogP contribution in [0.1, 0.15) is 12.0 Å². The maximum atomic E-state index is 13.0. The van der Waals surface area contributed by atoms with E-state index in [0.29, 0.717) is 13.0 Å². The molecule has 1 aliphatic rings. The van der Waals surface area contributed by atoms with Crippen molar-refractivity contribution in [2.45, 2.75) is 19.1 Å². The Morgan fingerprint density at radius 2 is 2.33 bits per heavy atom. The Balaban J connectivity index is 2.07. The third kappa shape index (κ3) is 2.92. The lowest BCUT2D eigenvalue weighted by atomic mass is 10.2. The van der Waals surface area contributed by atoms with Gasteiger partial charge in [-0.2, -0.15) is 0 Å². The number of halogens is 3. The quantitative estimate of drug-likeness (QED) is 0.804. The van der Waals surface area contributed by atoms with Crippen LogP contribution in [0.25, 0.3) is 0 Å². The Labute approximate surface area is 102 Å². The number of rotatable bonds is 2. The maximum absolute atomic E-state index is 13.0. The van der Waals surface area contributed by atoms with Gasteiger partial charge in [0.15, 0.2) is 0 Å². The number of nitrogens with zero attached hydrogens (tertiary/aromatic N) is 1. The third-order valence-corrected chi connectivity index (χ3v) is 3.48. The predicted octanol–water partition coefficient (Wildman–Crippen LogP) is 3.65. The van der Waals surface area contributed by atoms with Gasteiger partial charge in [0, 0.05) is 29.1 Å². The predicted molar refractivity (Wildman–Crippen MR) is 63.9 cm³/mol. The molecule has 0 radical (unpaired) electrons. The average Bonchev–Trinajstić information content (AvgIpc) is 2.58. The van der Waals surface area contributed by atoms with Gasteiger partial charge in [0.1, 0.15) is 6.17 Å². The van der Waals surface area contributed by atoms with Crippen molar-refractivity contribution in [1.29, 1.82) is 0 Å². The third-order valence-electron chi connectivity index (χ3n) is 2.62. The van der Waals surface area contributed by atoms with Gasteiger partial charge in [0.05, 0.1) is 0 Å². The lowest BCUT2D eigenvalue weighted by Gasteiger charge is -2.15. The first-order valence-corrected chi connectivity index (χ1v) is 6.12. The molecule has 0 aliphatic carbocycles. The Kier molecular flexibility index (Phi) is 3.65. The Morgan fingerprint density at radius 1 is 1.53 bits per heavy atom. The Morgan fingerprint density at radius 3 is 3.00 bits per heavy atom. The number of hydrogen-bond acceptors (Lipinski definition) is 1. The van der Waals surface area contributed by atoms with Crippen molar-refractivity contribution in [1.82, 2.24) is 4.90 Å². The van der Waals surface area contributed by atoms with E-state index < -0.39 is 6.17 Å². The van der Waals surface area contributed by atoms with Gasteiger partial charge >= 0.3 is 0 Å². The molecule has 1 fully saturated rings. The Hall–Kier alpha value is -0.120. The molecule has 1 atom stereocenters. The second-order valence-electron chi connectivity index (χ2n) is 3.86. The second kappa shape index (κ2) is 4.81. The summed E-state index contributed by atoms with van der Waals surface area (Å²) in [5.74, 6) is 0. The first-order chi connectivity index (χ1) is 7.15. The van der Waals surface area contributed by atoms with Crippen molar-refractivity contribution in [3.8, 4) is 0 Å². The largest absolute Gasteiger partial charge is 0.296 e. The van der Waals surface area contributed by atoms with Gasteiger partial charge in [0.2, 0.25) is 0 Å². The molecule has 0 saturated carbocycles. The minimum absolute atomic E-state index is 0.531. The summed E-state index contributed by atoms with van der Waals surface area (Å²) in [7, 11) is 0. The number of benzene rings is 1. The van der Waals surface area contributed by atoms with Crippen LogP contribution in [0, 0.1) is 0 Å². The molecular formula is C11H12BrClFN. The van der Waals surface area contributed by atoms with E-state index in [4.69, 9.17) is 11.6 Å². The van der Waals surface area contributed by atoms with Crippen LogP contribution in [0.3, 0.4) is 0 Å².